The Hall–Kier alpha value is -2.94. The number of hydrogen-bond acceptors (Lipinski definition) is 7. The lowest BCUT2D eigenvalue weighted by atomic mass is 9.98. The molecule has 2 heterocycles. The lowest BCUT2D eigenvalue weighted by Crippen LogP contribution is -2.55. The summed E-state index contributed by atoms with van der Waals surface area (Å²) < 4.78 is 4.69. The number of benzene rings is 1. The first kappa shape index (κ1) is 18.8. The van der Waals surface area contributed by atoms with Crippen molar-refractivity contribution in [2.24, 2.45) is 0 Å². The molecule has 0 unspecified atom stereocenters. The molecule has 2 amide bonds. The number of amides is 2. The van der Waals surface area contributed by atoms with E-state index in [0.29, 0.717) is 16.3 Å². The minimum absolute atomic E-state index is 0.160. The number of esters is 1. The van der Waals surface area contributed by atoms with E-state index in [0.717, 1.165) is 17.0 Å². The molecule has 1 aromatic carbocycles. The van der Waals surface area contributed by atoms with Gasteiger partial charge in [-0.1, -0.05) is 23.5 Å². The van der Waals surface area contributed by atoms with Crippen LogP contribution in [0.5, 0.6) is 0 Å². The average Bonchev–Trinajstić information content (AvgIpc) is 2.98. The van der Waals surface area contributed by atoms with Crippen LogP contribution >= 0.6 is 11.3 Å². The summed E-state index contributed by atoms with van der Waals surface area (Å²) >= 11 is 1.04. The Bertz CT molecular complexity index is 922. The molecule has 1 aliphatic heterocycles. The lowest BCUT2D eigenvalue weighted by Gasteiger charge is -2.39. The highest BCUT2D eigenvalue weighted by atomic mass is 32.1. The zero-order chi connectivity index (χ0) is 19.8. The van der Waals surface area contributed by atoms with Crippen molar-refractivity contribution in [1.29, 1.82) is 0 Å². The highest BCUT2D eigenvalue weighted by Gasteiger charge is 2.39. The number of carbonyl (C=O) groups is 3. The Morgan fingerprint density at radius 3 is 2.74 bits per heavy atom. The topological polar surface area (TPSA) is 101 Å². The number of aryl methyl sites for hydroxylation is 1. The summed E-state index contributed by atoms with van der Waals surface area (Å²) in [7, 11) is 1.29. The molecule has 3 rings (SSSR count). The van der Waals surface area contributed by atoms with Crippen LogP contribution in [0.1, 0.15) is 29.2 Å². The average molecular weight is 388 g/mol. The molecule has 1 aliphatic rings. The van der Waals surface area contributed by atoms with Crippen molar-refractivity contribution in [3.8, 4) is 0 Å². The maximum Gasteiger partial charge on any atom is 0.350 e. The van der Waals surface area contributed by atoms with Crippen molar-refractivity contribution >= 4 is 45.6 Å². The van der Waals surface area contributed by atoms with Crippen LogP contribution in [-0.2, 0) is 14.3 Å². The molecule has 9 heteroatoms. The maximum absolute atomic E-state index is 12.8. The number of nitrogens with one attached hydrogen (secondary N) is 2. The van der Waals surface area contributed by atoms with Crippen LogP contribution in [0.4, 0.5) is 16.5 Å². The fraction of sp³-hybridized carbons (Fsp3) is 0.333. The molecule has 0 bridgehead atoms. The van der Waals surface area contributed by atoms with Crippen LogP contribution in [0.25, 0.3) is 0 Å². The zero-order valence-electron chi connectivity index (χ0n) is 15.5. The van der Waals surface area contributed by atoms with Gasteiger partial charge in [-0.25, -0.2) is 9.78 Å². The van der Waals surface area contributed by atoms with Gasteiger partial charge in [0.25, 0.3) is 5.91 Å². The molecule has 2 N–H and O–H groups in total. The van der Waals surface area contributed by atoms with Crippen molar-refractivity contribution in [2.45, 2.75) is 26.3 Å². The van der Waals surface area contributed by atoms with E-state index in [4.69, 9.17) is 4.74 Å². The van der Waals surface area contributed by atoms with Crippen molar-refractivity contribution in [3.63, 3.8) is 0 Å². The van der Waals surface area contributed by atoms with Gasteiger partial charge in [-0.2, -0.15) is 0 Å². The molecule has 2 aromatic rings. The highest BCUT2D eigenvalue weighted by Crippen LogP contribution is 2.35. The second-order valence-corrected chi connectivity index (χ2v) is 7.63. The molecule has 0 aliphatic carbocycles. The molecule has 0 fully saturated rings. The van der Waals surface area contributed by atoms with E-state index in [1.807, 2.05) is 18.2 Å². The van der Waals surface area contributed by atoms with Crippen LogP contribution in [0.3, 0.4) is 0 Å². The van der Waals surface area contributed by atoms with Gasteiger partial charge >= 0.3 is 5.97 Å². The number of anilines is 3. The second-order valence-electron chi connectivity index (χ2n) is 6.63. The summed E-state index contributed by atoms with van der Waals surface area (Å²) in [6.07, 6.45) is 0. The number of aromatic nitrogens is 1. The highest BCUT2D eigenvalue weighted by molar-refractivity contribution is 7.17. The van der Waals surface area contributed by atoms with Crippen LogP contribution < -0.4 is 15.5 Å². The van der Waals surface area contributed by atoms with Crippen molar-refractivity contribution in [3.05, 3.63) is 34.8 Å². The fourth-order valence-electron chi connectivity index (χ4n) is 2.84. The summed E-state index contributed by atoms with van der Waals surface area (Å²) in [5, 5.41) is 6.12. The van der Waals surface area contributed by atoms with Gasteiger partial charge < -0.3 is 15.4 Å². The molecule has 0 spiro atoms. The standard InChI is InChI=1S/C18H20N4O4S/c1-10-14(15(24)26-4)27-17(19-10)20-13(23)9-22-12-8-6-5-7-11(12)21-18(2,3)16(22)25/h5-8,21H,9H2,1-4H3,(H,19,20,23). The third-order valence-electron chi connectivity index (χ3n) is 4.14. The van der Waals surface area contributed by atoms with Gasteiger partial charge in [0.05, 0.1) is 24.2 Å². The van der Waals surface area contributed by atoms with Crippen molar-refractivity contribution < 1.29 is 19.1 Å². The summed E-state index contributed by atoms with van der Waals surface area (Å²) in [5.74, 6) is -1.11. The van der Waals surface area contributed by atoms with Gasteiger partial charge in [0, 0.05) is 0 Å². The van der Waals surface area contributed by atoms with E-state index < -0.39 is 17.4 Å². The molecule has 0 saturated heterocycles. The van der Waals surface area contributed by atoms with E-state index in [1.54, 1.807) is 26.8 Å². The van der Waals surface area contributed by atoms with Crippen LogP contribution in [-0.4, -0.2) is 42.0 Å². The Kier molecular flexibility index (Phi) is 4.88. The number of para-hydroxylation sites is 2. The Morgan fingerprint density at radius 1 is 1.33 bits per heavy atom. The number of hydrogen-bond donors (Lipinski definition) is 2. The molecule has 27 heavy (non-hydrogen) atoms. The molecule has 142 valence electrons. The predicted octanol–water partition coefficient (Wildman–Crippen LogP) is 2.41. The number of rotatable bonds is 4. The Balaban J connectivity index is 1.80. The van der Waals surface area contributed by atoms with Crippen LogP contribution in [0.15, 0.2) is 24.3 Å². The minimum atomic E-state index is -0.829. The first-order chi connectivity index (χ1) is 12.7. The van der Waals surface area contributed by atoms with E-state index in [1.165, 1.54) is 12.0 Å². The molecule has 0 atom stereocenters. The number of carbonyl (C=O) groups excluding carboxylic acids is 3. The monoisotopic (exact) mass is 388 g/mol. The maximum atomic E-state index is 12.8. The quantitative estimate of drug-likeness (QED) is 0.780. The number of nitrogens with zero attached hydrogens (tertiary/aromatic N) is 2. The van der Waals surface area contributed by atoms with E-state index >= 15 is 0 Å². The molecular formula is C18H20N4O4S. The third-order valence-corrected chi connectivity index (χ3v) is 5.19. The first-order valence-corrected chi connectivity index (χ1v) is 9.09. The van der Waals surface area contributed by atoms with Crippen LogP contribution in [0, 0.1) is 6.92 Å². The van der Waals surface area contributed by atoms with Gasteiger partial charge in [0.1, 0.15) is 17.0 Å². The lowest BCUT2D eigenvalue weighted by molar-refractivity contribution is -0.124. The number of ether oxygens (including phenoxy) is 1. The number of fused-ring (bicyclic) bond motifs is 1. The largest absolute Gasteiger partial charge is 0.465 e. The van der Waals surface area contributed by atoms with Gasteiger partial charge in [0.15, 0.2) is 5.13 Å². The summed E-state index contributed by atoms with van der Waals surface area (Å²) in [4.78, 5) is 43.0. The van der Waals surface area contributed by atoms with E-state index in [9.17, 15) is 14.4 Å². The van der Waals surface area contributed by atoms with Crippen molar-refractivity contribution in [1.82, 2.24) is 4.98 Å². The van der Waals surface area contributed by atoms with Gasteiger partial charge in [-0.05, 0) is 32.9 Å². The molecule has 8 nitrogen and oxygen atoms in total. The number of thiazole rings is 1. The predicted molar refractivity (Wildman–Crippen MR) is 103 cm³/mol. The number of methoxy groups -OCH3 is 1. The fourth-order valence-corrected chi connectivity index (χ4v) is 3.74. The third kappa shape index (κ3) is 3.63. The zero-order valence-corrected chi connectivity index (χ0v) is 16.3. The Labute approximate surface area is 160 Å². The molecular weight excluding hydrogens is 368 g/mol. The molecule has 1 aromatic heterocycles. The molecule has 0 saturated carbocycles. The van der Waals surface area contributed by atoms with E-state index in [2.05, 4.69) is 15.6 Å². The second kappa shape index (κ2) is 6.99. The summed E-state index contributed by atoms with van der Waals surface area (Å²) in [6.45, 7) is 5.04. The van der Waals surface area contributed by atoms with Gasteiger partial charge in [-0.3, -0.25) is 14.5 Å². The van der Waals surface area contributed by atoms with Gasteiger partial charge in [-0.15, -0.1) is 0 Å². The Morgan fingerprint density at radius 2 is 2.04 bits per heavy atom. The van der Waals surface area contributed by atoms with Crippen molar-refractivity contribution in [2.75, 3.05) is 29.2 Å². The minimum Gasteiger partial charge on any atom is -0.465 e. The normalized spacial score (nSPS) is 15.0. The summed E-state index contributed by atoms with van der Waals surface area (Å²) in [5.41, 5.74) is 1.08. The van der Waals surface area contributed by atoms with Crippen LogP contribution in [0.2, 0.25) is 0 Å². The smallest absolute Gasteiger partial charge is 0.350 e. The van der Waals surface area contributed by atoms with E-state index in [-0.39, 0.29) is 17.6 Å². The first-order valence-electron chi connectivity index (χ1n) is 8.27. The van der Waals surface area contributed by atoms with Gasteiger partial charge in [0.2, 0.25) is 5.91 Å². The summed E-state index contributed by atoms with van der Waals surface area (Å²) in [6, 6.07) is 7.32. The molecule has 0 radical (unpaired) electrons. The SMILES string of the molecule is COC(=O)c1sc(NC(=O)CN2C(=O)C(C)(C)Nc3ccccc32)nc1C.